The first-order chi connectivity index (χ1) is 13.1. The quantitative estimate of drug-likeness (QED) is 0.680. The zero-order chi connectivity index (χ0) is 18.8. The number of nitrogens with one attached hydrogen (secondary N) is 2. The van der Waals surface area contributed by atoms with Crippen LogP contribution in [0.15, 0.2) is 41.8 Å². The molecule has 1 fully saturated rings. The van der Waals surface area contributed by atoms with Gasteiger partial charge in [-0.05, 0) is 36.1 Å². The number of aromatic amines is 1. The van der Waals surface area contributed by atoms with Crippen molar-refractivity contribution >= 4 is 34.7 Å². The first-order valence-corrected chi connectivity index (χ1v) is 9.88. The largest absolute Gasteiger partial charge is 0.496 e. The lowest BCUT2D eigenvalue weighted by atomic mass is 10.1. The third-order valence-corrected chi connectivity index (χ3v) is 5.74. The molecule has 0 radical (unpaired) electrons. The van der Waals surface area contributed by atoms with Gasteiger partial charge < -0.3 is 15.0 Å². The fraction of sp³-hybridized carbons (Fsp3) is 0.263. The molecule has 1 atom stereocenters. The molecular weight excluding hydrogens is 384 g/mol. The Morgan fingerprint density at radius 1 is 1.41 bits per heavy atom. The summed E-state index contributed by atoms with van der Waals surface area (Å²) in [6, 6.07) is 11.2. The van der Waals surface area contributed by atoms with Crippen LogP contribution in [0.1, 0.15) is 16.8 Å². The highest BCUT2D eigenvalue weighted by Gasteiger charge is 2.27. The first kappa shape index (κ1) is 17.9. The third kappa shape index (κ3) is 3.79. The Labute approximate surface area is 166 Å². The Morgan fingerprint density at radius 2 is 2.30 bits per heavy atom. The smallest absolute Gasteiger partial charge is 0.255 e. The van der Waals surface area contributed by atoms with Gasteiger partial charge in [-0.1, -0.05) is 17.7 Å². The zero-order valence-electron chi connectivity index (χ0n) is 14.7. The van der Waals surface area contributed by atoms with Crippen molar-refractivity contribution in [3.8, 4) is 16.3 Å². The van der Waals surface area contributed by atoms with Crippen LogP contribution in [-0.4, -0.2) is 42.3 Å². The van der Waals surface area contributed by atoms with E-state index in [2.05, 4.69) is 32.5 Å². The molecule has 0 bridgehead atoms. The molecule has 1 saturated heterocycles. The molecule has 2 N–H and O–H groups in total. The maximum atomic E-state index is 12.6. The van der Waals surface area contributed by atoms with Crippen LogP contribution in [0.3, 0.4) is 0 Å². The highest BCUT2D eigenvalue weighted by molar-refractivity contribution is 7.13. The lowest BCUT2D eigenvalue weighted by molar-refractivity contribution is 0.0937. The number of benzene rings is 1. The first-order valence-electron chi connectivity index (χ1n) is 8.62. The maximum Gasteiger partial charge on any atom is 0.255 e. The second kappa shape index (κ2) is 7.62. The van der Waals surface area contributed by atoms with Crippen molar-refractivity contribution in [1.29, 1.82) is 0 Å². The minimum atomic E-state index is -0.178. The molecule has 1 aliphatic rings. The zero-order valence-corrected chi connectivity index (χ0v) is 16.3. The summed E-state index contributed by atoms with van der Waals surface area (Å²) in [5.41, 5.74) is 1.46. The average Bonchev–Trinajstić information content (AvgIpc) is 3.41. The van der Waals surface area contributed by atoms with E-state index in [1.165, 1.54) is 0 Å². The molecule has 27 heavy (non-hydrogen) atoms. The molecule has 0 unspecified atom stereocenters. The van der Waals surface area contributed by atoms with Gasteiger partial charge in [-0.25, -0.2) is 0 Å². The lowest BCUT2D eigenvalue weighted by Gasteiger charge is -2.17. The standard InChI is InChI=1S/C19H19ClN4O2S/c1-26-16-5-4-12(20)9-14(16)19(25)21-13-6-7-24(11-13)18-10-15(22-23-18)17-3-2-8-27-17/h2-5,8-10,13H,6-7,11H2,1H3,(H,21,25)(H,22,23)/t13-/m0/s1. The molecule has 1 aromatic carbocycles. The van der Waals surface area contributed by atoms with Crippen LogP contribution in [0.4, 0.5) is 5.82 Å². The summed E-state index contributed by atoms with van der Waals surface area (Å²) < 4.78 is 5.27. The van der Waals surface area contributed by atoms with Crippen LogP contribution in [0.25, 0.3) is 10.6 Å². The van der Waals surface area contributed by atoms with Gasteiger partial charge in [0.1, 0.15) is 5.75 Å². The molecule has 6 nitrogen and oxygen atoms in total. The number of ether oxygens (including phenoxy) is 1. The molecule has 0 aliphatic carbocycles. The van der Waals surface area contributed by atoms with Crippen LogP contribution in [0, 0.1) is 0 Å². The summed E-state index contributed by atoms with van der Waals surface area (Å²) in [7, 11) is 1.54. The monoisotopic (exact) mass is 402 g/mol. The number of hydrogen-bond acceptors (Lipinski definition) is 5. The highest BCUT2D eigenvalue weighted by atomic mass is 35.5. The second-order valence-corrected chi connectivity index (χ2v) is 7.75. The number of halogens is 1. The predicted molar refractivity (Wildman–Crippen MR) is 108 cm³/mol. The SMILES string of the molecule is COc1ccc(Cl)cc1C(=O)N[C@H]1CCN(c2cc(-c3cccs3)[nH]n2)C1. The molecule has 4 rings (SSSR count). The number of thiophene rings is 1. The third-order valence-electron chi connectivity index (χ3n) is 4.60. The van der Waals surface area contributed by atoms with Gasteiger partial charge in [0.05, 0.1) is 23.2 Å². The Balaban J connectivity index is 1.41. The van der Waals surface area contributed by atoms with Crippen molar-refractivity contribution in [2.45, 2.75) is 12.5 Å². The minimum Gasteiger partial charge on any atom is -0.496 e. The van der Waals surface area contributed by atoms with Crippen LogP contribution in [0.2, 0.25) is 5.02 Å². The molecule has 0 spiro atoms. The van der Waals surface area contributed by atoms with E-state index < -0.39 is 0 Å². The van der Waals surface area contributed by atoms with Crippen LogP contribution in [0.5, 0.6) is 5.75 Å². The summed E-state index contributed by atoms with van der Waals surface area (Å²) in [5, 5.41) is 13.1. The number of hydrogen-bond donors (Lipinski definition) is 2. The van der Waals surface area contributed by atoms with Crippen LogP contribution < -0.4 is 15.0 Å². The van der Waals surface area contributed by atoms with Crippen molar-refractivity contribution in [3.63, 3.8) is 0 Å². The summed E-state index contributed by atoms with van der Waals surface area (Å²) in [6.07, 6.45) is 0.857. The van der Waals surface area contributed by atoms with E-state index in [0.29, 0.717) is 22.9 Å². The van der Waals surface area contributed by atoms with Gasteiger partial charge in [0.2, 0.25) is 0 Å². The molecule has 3 heterocycles. The maximum absolute atomic E-state index is 12.6. The van der Waals surface area contributed by atoms with E-state index in [-0.39, 0.29) is 11.9 Å². The summed E-state index contributed by atoms with van der Waals surface area (Å²) in [5.74, 6) is 1.23. The number of carbonyl (C=O) groups excluding carboxylic acids is 1. The number of carbonyl (C=O) groups is 1. The summed E-state index contributed by atoms with van der Waals surface area (Å²) >= 11 is 7.70. The van der Waals surface area contributed by atoms with Crippen molar-refractivity contribution in [2.24, 2.45) is 0 Å². The molecule has 0 saturated carbocycles. The summed E-state index contributed by atoms with van der Waals surface area (Å²) in [4.78, 5) is 16.0. The summed E-state index contributed by atoms with van der Waals surface area (Å²) in [6.45, 7) is 1.55. The Kier molecular flexibility index (Phi) is 5.05. The van der Waals surface area contributed by atoms with E-state index in [9.17, 15) is 4.79 Å². The number of methoxy groups -OCH3 is 1. The molecule has 1 aliphatic heterocycles. The number of H-pyrrole nitrogens is 1. The second-order valence-electron chi connectivity index (χ2n) is 6.37. The molecule has 140 valence electrons. The molecule has 3 aromatic rings. The van der Waals surface area contributed by atoms with E-state index in [0.717, 1.165) is 29.4 Å². The Morgan fingerprint density at radius 3 is 3.07 bits per heavy atom. The lowest BCUT2D eigenvalue weighted by Crippen LogP contribution is -2.37. The Hall–Kier alpha value is -2.51. The minimum absolute atomic E-state index is 0.0445. The van der Waals surface area contributed by atoms with Gasteiger partial charge in [-0.2, -0.15) is 5.10 Å². The fourth-order valence-corrected chi connectivity index (χ4v) is 4.10. The topological polar surface area (TPSA) is 70.2 Å². The number of aromatic nitrogens is 2. The van der Waals surface area contributed by atoms with Crippen molar-refractivity contribution in [1.82, 2.24) is 15.5 Å². The molecule has 8 heteroatoms. The number of rotatable bonds is 5. The normalized spacial score (nSPS) is 16.5. The van der Waals surface area contributed by atoms with Gasteiger partial charge in [0.25, 0.3) is 5.91 Å². The van der Waals surface area contributed by atoms with Gasteiger partial charge in [0, 0.05) is 30.2 Å². The average molecular weight is 403 g/mol. The van der Waals surface area contributed by atoms with Gasteiger partial charge in [0.15, 0.2) is 5.82 Å². The Bertz CT molecular complexity index is 941. The molecular formula is C19H19ClN4O2S. The predicted octanol–water partition coefficient (Wildman–Crippen LogP) is 3.81. The highest BCUT2D eigenvalue weighted by Crippen LogP contribution is 2.28. The van der Waals surface area contributed by atoms with E-state index >= 15 is 0 Å². The van der Waals surface area contributed by atoms with Gasteiger partial charge >= 0.3 is 0 Å². The number of anilines is 1. The van der Waals surface area contributed by atoms with Crippen LogP contribution in [-0.2, 0) is 0 Å². The molecule has 2 aromatic heterocycles. The van der Waals surface area contributed by atoms with Crippen LogP contribution >= 0.6 is 22.9 Å². The van der Waals surface area contributed by atoms with E-state index in [4.69, 9.17) is 16.3 Å². The number of nitrogens with zero attached hydrogens (tertiary/aromatic N) is 2. The number of amides is 1. The van der Waals surface area contributed by atoms with E-state index in [1.807, 2.05) is 11.4 Å². The van der Waals surface area contributed by atoms with Crippen molar-refractivity contribution < 1.29 is 9.53 Å². The van der Waals surface area contributed by atoms with Crippen molar-refractivity contribution in [3.05, 3.63) is 52.4 Å². The fourth-order valence-electron chi connectivity index (χ4n) is 3.24. The van der Waals surface area contributed by atoms with Crippen molar-refractivity contribution in [2.75, 3.05) is 25.1 Å². The molecule has 1 amide bonds. The van der Waals surface area contributed by atoms with Gasteiger partial charge in [-0.3, -0.25) is 9.89 Å². The van der Waals surface area contributed by atoms with E-state index in [1.54, 1.807) is 36.6 Å². The van der Waals surface area contributed by atoms with Gasteiger partial charge in [-0.15, -0.1) is 11.3 Å².